The molecule has 0 aromatic heterocycles. The molecule has 1 aliphatic heterocycles. The highest BCUT2D eigenvalue weighted by molar-refractivity contribution is 5.79. The molecule has 1 unspecified atom stereocenters. The Morgan fingerprint density at radius 2 is 1.92 bits per heavy atom. The minimum atomic E-state index is 0.515. The Labute approximate surface area is 161 Å². The van der Waals surface area contributed by atoms with Crippen molar-refractivity contribution >= 4 is 5.96 Å². The van der Waals surface area contributed by atoms with E-state index >= 15 is 0 Å². The van der Waals surface area contributed by atoms with Gasteiger partial charge >= 0.3 is 0 Å². The van der Waals surface area contributed by atoms with Gasteiger partial charge in [-0.3, -0.25) is 4.99 Å². The molecule has 1 heterocycles. The van der Waals surface area contributed by atoms with Crippen LogP contribution >= 0.6 is 0 Å². The van der Waals surface area contributed by atoms with E-state index in [4.69, 9.17) is 4.74 Å². The molecular weight excluding hydrogens is 324 g/mol. The van der Waals surface area contributed by atoms with Gasteiger partial charge in [0.1, 0.15) is 0 Å². The molecule has 2 rings (SSSR count). The van der Waals surface area contributed by atoms with E-state index < -0.39 is 0 Å². The second-order valence-electron chi connectivity index (χ2n) is 8.53. The fraction of sp³-hybridized carbons (Fsp3) is 0.952. The molecule has 5 heteroatoms. The summed E-state index contributed by atoms with van der Waals surface area (Å²) in [5.41, 5.74) is 0. The number of hydrogen-bond acceptors (Lipinski definition) is 3. The first-order valence-electron chi connectivity index (χ1n) is 11.0. The third-order valence-electron chi connectivity index (χ3n) is 5.53. The van der Waals surface area contributed by atoms with Gasteiger partial charge in [0.2, 0.25) is 0 Å². The SMILES string of the molecule is CN=C(NCCCOC1CCCCC1)NCC1CCCN(CC(C)C)C1. The number of likely N-dealkylation sites (tertiary alicyclic amines) is 1. The molecule has 0 radical (unpaired) electrons. The largest absolute Gasteiger partial charge is 0.378 e. The van der Waals surface area contributed by atoms with Crippen molar-refractivity contribution in [3.63, 3.8) is 0 Å². The van der Waals surface area contributed by atoms with Gasteiger partial charge in [-0.2, -0.15) is 0 Å². The molecule has 5 nitrogen and oxygen atoms in total. The van der Waals surface area contributed by atoms with Crippen molar-refractivity contribution in [2.24, 2.45) is 16.8 Å². The average Bonchev–Trinajstić information content (AvgIpc) is 2.64. The van der Waals surface area contributed by atoms with Crippen molar-refractivity contribution in [2.75, 3.05) is 46.4 Å². The summed E-state index contributed by atoms with van der Waals surface area (Å²) < 4.78 is 5.99. The summed E-state index contributed by atoms with van der Waals surface area (Å²) in [4.78, 5) is 6.99. The van der Waals surface area contributed by atoms with Gasteiger partial charge in [0.25, 0.3) is 0 Å². The summed E-state index contributed by atoms with van der Waals surface area (Å²) >= 11 is 0. The first-order chi connectivity index (χ1) is 12.7. The number of nitrogens with one attached hydrogen (secondary N) is 2. The summed E-state index contributed by atoms with van der Waals surface area (Å²) in [6, 6.07) is 0. The normalized spacial score (nSPS) is 23.4. The van der Waals surface area contributed by atoms with Crippen LogP contribution in [0.5, 0.6) is 0 Å². The monoisotopic (exact) mass is 366 g/mol. The van der Waals surface area contributed by atoms with E-state index in [0.29, 0.717) is 6.10 Å². The van der Waals surface area contributed by atoms with Crippen molar-refractivity contribution in [1.29, 1.82) is 0 Å². The molecule has 0 aromatic carbocycles. The quantitative estimate of drug-likeness (QED) is 0.374. The number of nitrogens with zero attached hydrogens (tertiary/aromatic N) is 2. The average molecular weight is 367 g/mol. The van der Waals surface area contributed by atoms with Gasteiger partial charge in [-0.1, -0.05) is 33.1 Å². The lowest BCUT2D eigenvalue weighted by molar-refractivity contribution is 0.0277. The molecule has 2 N–H and O–H groups in total. The number of ether oxygens (including phenoxy) is 1. The Morgan fingerprint density at radius 1 is 1.12 bits per heavy atom. The summed E-state index contributed by atoms with van der Waals surface area (Å²) in [6.07, 6.45) is 10.8. The molecule has 152 valence electrons. The second kappa shape index (κ2) is 12.6. The number of piperidine rings is 1. The van der Waals surface area contributed by atoms with Gasteiger partial charge in [-0.15, -0.1) is 0 Å². The number of guanidine groups is 1. The van der Waals surface area contributed by atoms with Gasteiger partial charge in [0.05, 0.1) is 6.10 Å². The highest BCUT2D eigenvalue weighted by Crippen LogP contribution is 2.20. The van der Waals surface area contributed by atoms with Crippen LogP contribution in [-0.4, -0.2) is 63.3 Å². The molecule has 0 aromatic rings. The third kappa shape index (κ3) is 8.72. The van der Waals surface area contributed by atoms with E-state index in [0.717, 1.165) is 43.9 Å². The fourth-order valence-electron chi connectivity index (χ4n) is 4.22. The minimum Gasteiger partial charge on any atom is -0.378 e. The molecule has 26 heavy (non-hydrogen) atoms. The number of hydrogen-bond donors (Lipinski definition) is 2. The Bertz CT molecular complexity index is 393. The molecule has 1 saturated carbocycles. The van der Waals surface area contributed by atoms with Crippen LogP contribution in [-0.2, 0) is 4.74 Å². The Balaban J connectivity index is 1.54. The van der Waals surface area contributed by atoms with Crippen molar-refractivity contribution in [3.8, 4) is 0 Å². The molecule has 0 bridgehead atoms. The van der Waals surface area contributed by atoms with E-state index in [9.17, 15) is 0 Å². The zero-order chi connectivity index (χ0) is 18.6. The van der Waals surface area contributed by atoms with Crippen LogP contribution in [0.25, 0.3) is 0 Å². The Morgan fingerprint density at radius 3 is 2.65 bits per heavy atom. The zero-order valence-electron chi connectivity index (χ0n) is 17.4. The molecule has 1 saturated heterocycles. The van der Waals surface area contributed by atoms with Crippen LogP contribution in [0.15, 0.2) is 4.99 Å². The first-order valence-corrected chi connectivity index (χ1v) is 11.0. The first kappa shape index (κ1) is 21.5. The standard InChI is InChI=1S/C21H42N4O/c1-18(2)16-25-13-7-9-19(17-25)15-24-21(22-3)23-12-8-14-26-20-10-5-4-6-11-20/h18-20H,4-17H2,1-3H3,(H2,22,23,24). The van der Waals surface area contributed by atoms with E-state index in [1.54, 1.807) is 0 Å². The Hall–Kier alpha value is -0.810. The summed E-state index contributed by atoms with van der Waals surface area (Å²) in [5, 5.41) is 6.96. The van der Waals surface area contributed by atoms with E-state index in [-0.39, 0.29) is 0 Å². The Kier molecular flexibility index (Phi) is 10.4. The van der Waals surface area contributed by atoms with Gasteiger partial charge < -0.3 is 20.3 Å². The summed E-state index contributed by atoms with van der Waals surface area (Å²) in [6.45, 7) is 11.1. The van der Waals surface area contributed by atoms with Gasteiger partial charge in [0.15, 0.2) is 5.96 Å². The van der Waals surface area contributed by atoms with E-state index in [1.807, 2.05) is 7.05 Å². The number of rotatable bonds is 9. The van der Waals surface area contributed by atoms with Crippen LogP contribution in [0.4, 0.5) is 0 Å². The van der Waals surface area contributed by atoms with Crippen LogP contribution < -0.4 is 10.6 Å². The molecule has 1 aliphatic carbocycles. The highest BCUT2D eigenvalue weighted by atomic mass is 16.5. The lowest BCUT2D eigenvalue weighted by atomic mass is 9.97. The van der Waals surface area contributed by atoms with Crippen molar-refractivity contribution < 1.29 is 4.74 Å². The zero-order valence-corrected chi connectivity index (χ0v) is 17.4. The predicted octanol–water partition coefficient (Wildman–Crippen LogP) is 3.26. The number of aliphatic imine (C=N–C) groups is 1. The molecule has 2 aliphatic rings. The van der Waals surface area contributed by atoms with Crippen LogP contribution in [0.3, 0.4) is 0 Å². The van der Waals surface area contributed by atoms with Crippen molar-refractivity contribution in [2.45, 2.75) is 71.3 Å². The lowest BCUT2D eigenvalue weighted by Gasteiger charge is -2.34. The summed E-state index contributed by atoms with van der Waals surface area (Å²) in [7, 11) is 1.86. The maximum Gasteiger partial charge on any atom is 0.190 e. The fourth-order valence-corrected chi connectivity index (χ4v) is 4.22. The van der Waals surface area contributed by atoms with Gasteiger partial charge in [0, 0.05) is 39.8 Å². The predicted molar refractivity (Wildman–Crippen MR) is 111 cm³/mol. The molecule has 1 atom stereocenters. The maximum atomic E-state index is 5.99. The minimum absolute atomic E-state index is 0.515. The second-order valence-corrected chi connectivity index (χ2v) is 8.53. The summed E-state index contributed by atoms with van der Waals surface area (Å²) in [5.74, 6) is 2.42. The highest BCUT2D eigenvalue weighted by Gasteiger charge is 2.20. The third-order valence-corrected chi connectivity index (χ3v) is 5.53. The molecular formula is C21H42N4O. The van der Waals surface area contributed by atoms with Crippen molar-refractivity contribution in [1.82, 2.24) is 15.5 Å². The van der Waals surface area contributed by atoms with Gasteiger partial charge in [-0.05, 0) is 50.5 Å². The van der Waals surface area contributed by atoms with Gasteiger partial charge in [-0.25, -0.2) is 0 Å². The van der Waals surface area contributed by atoms with E-state index in [2.05, 4.69) is 34.4 Å². The van der Waals surface area contributed by atoms with Crippen LogP contribution in [0.1, 0.15) is 65.2 Å². The smallest absolute Gasteiger partial charge is 0.190 e. The molecule has 0 spiro atoms. The van der Waals surface area contributed by atoms with Crippen LogP contribution in [0, 0.1) is 11.8 Å². The molecule has 2 fully saturated rings. The molecule has 0 amide bonds. The lowest BCUT2D eigenvalue weighted by Crippen LogP contribution is -2.45. The maximum absolute atomic E-state index is 5.99. The van der Waals surface area contributed by atoms with Crippen molar-refractivity contribution in [3.05, 3.63) is 0 Å². The topological polar surface area (TPSA) is 48.9 Å². The van der Waals surface area contributed by atoms with Crippen LogP contribution in [0.2, 0.25) is 0 Å². The van der Waals surface area contributed by atoms with E-state index in [1.165, 1.54) is 64.6 Å².